The van der Waals surface area contributed by atoms with Gasteiger partial charge in [-0.1, -0.05) is 83.5 Å². The molecule has 0 aliphatic carbocycles. The molecular weight excluding hydrogens is 276 g/mol. The number of hydrogen-bond donors (Lipinski definition) is 0. The molecule has 0 N–H and O–H groups in total. The van der Waals surface area contributed by atoms with E-state index in [-0.39, 0.29) is 0 Å². The number of aryl methyl sites for hydroxylation is 1. The summed E-state index contributed by atoms with van der Waals surface area (Å²) in [5.41, 5.74) is 8.82. The Morgan fingerprint density at radius 2 is 1.17 bits per heavy atom. The van der Waals surface area contributed by atoms with Gasteiger partial charge in [0.25, 0.3) is 0 Å². The normalized spacial score (nSPS) is 11.7. The molecule has 0 fully saturated rings. The summed E-state index contributed by atoms with van der Waals surface area (Å²) in [6.07, 6.45) is 1.04. The lowest BCUT2D eigenvalue weighted by Gasteiger charge is -2.23. The van der Waals surface area contributed by atoms with Crippen LogP contribution in [0.15, 0.2) is 36.4 Å². The predicted molar refractivity (Wildman–Crippen MR) is 103 cm³/mol. The van der Waals surface area contributed by atoms with Crippen LogP contribution in [0.3, 0.4) is 0 Å². The maximum absolute atomic E-state index is 2.45. The van der Waals surface area contributed by atoms with Crippen LogP contribution in [0.2, 0.25) is 0 Å². The molecule has 0 aliphatic heterocycles. The van der Waals surface area contributed by atoms with Crippen molar-refractivity contribution in [1.82, 2.24) is 0 Å². The maximum atomic E-state index is 2.45. The Bertz CT molecular complexity index is 613. The number of rotatable bonds is 5. The maximum Gasteiger partial charge on any atom is -0.00201 e. The fourth-order valence-corrected chi connectivity index (χ4v) is 3.22. The molecule has 0 aliphatic rings. The van der Waals surface area contributed by atoms with Crippen LogP contribution >= 0.6 is 0 Å². The van der Waals surface area contributed by atoms with Gasteiger partial charge in [0.1, 0.15) is 0 Å². The van der Waals surface area contributed by atoms with Crippen LogP contribution in [-0.2, 0) is 6.42 Å². The molecule has 0 unspecified atom stereocenters. The molecule has 0 atom stereocenters. The van der Waals surface area contributed by atoms with E-state index in [1.807, 2.05) is 0 Å². The summed E-state index contributed by atoms with van der Waals surface area (Å²) in [7, 11) is 0. The molecule has 0 spiro atoms. The van der Waals surface area contributed by atoms with Gasteiger partial charge in [-0.05, 0) is 58.9 Å². The first kappa shape index (κ1) is 17.8. The van der Waals surface area contributed by atoms with Gasteiger partial charge in [0.15, 0.2) is 0 Å². The third kappa shape index (κ3) is 4.25. The van der Waals surface area contributed by atoms with Crippen LogP contribution in [0.4, 0.5) is 0 Å². The van der Waals surface area contributed by atoms with Gasteiger partial charge in [-0.25, -0.2) is 0 Å². The highest BCUT2D eigenvalue weighted by Gasteiger charge is 2.17. The Kier molecular flexibility index (Phi) is 5.68. The molecule has 0 heteroatoms. The smallest absolute Gasteiger partial charge is 0.00201 e. The summed E-state index contributed by atoms with van der Waals surface area (Å²) in [4.78, 5) is 0. The van der Waals surface area contributed by atoms with Gasteiger partial charge in [0.05, 0.1) is 0 Å². The van der Waals surface area contributed by atoms with Crippen LogP contribution in [0.25, 0.3) is 0 Å². The molecule has 0 saturated carbocycles. The minimum absolute atomic E-state index is 0.562. The minimum atomic E-state index is 0.562. The van der Waals surface area contributed by atoms with Crippen LogP contribution < -0.4 is 0 Å². The van der Waals surface area contributed by atoms with Crippen molar-refractivity contribution in [2.75, 3.05) is 0 Å². The highest BCUT2D eigenvalue weighted by molar-refractivity contribution is 5.46. The fraction of sp³-hybridized carbons (Fsp3) is 0.478. The molecule has 2 rings (SSSR count). The second-order valence-electron chi connectivity index (χ2n) is 7.80. The van der Waals surface area contributed by atoms with Gasteiger partial charge in [0.2, 0.25) is 0 Å². The fourth-order valence-electron chi connectivity index (χ4n) is 3.22. The van der Waals surface area contributed by atoms with E-state index in [1.165, 1.54) is 27.8 Å². The monoisotopic (exact) mass is 308 g/mol. The minimum Gasteiger partial charge on any atom is -0.0590 e. The predicted octanol–water partition coefficient (Wildman–Crippen LogP) is 6.96. The lowest BCUT2D eigenvalue weighted by molar-refractivity contribution is 0.783. The zero-order chi connectivity index (χ0) is 17.1. The molecule has 124 valence electrons. The summed E-state index contributed by atoms with van der Waals surface area (Å²) < 4.78 is 0. The van der Waals surface area contributed by atoms with Crippen LogP contribution in [-0.4, -0.2) is 0 Å². The van der Waals surface area contributed by atoms with Crippen molar-refractivity contribution in [2.24, 2.45) is 0 Å². The molecule has 0 aromatic heterocycles. The second-order valence-corrected chi connectivity index (χ2v) is 7.80. The van der Waals surface area contributed by atoms with Crippen molar-refractivity contribution in [3.63, 3.8) is 0 Å². The van der Waals surface area contributed by atoms with Crippen LogP contribution in [0, 0.1) is 6.92 Å². The van der Waals surface area contributed by atoms with Crippen molar-refractivity contribution in [3.8, 4) is 0 Å². The summed E-state index contributed by atoms with van der Waals surface area (Å²) in [6.45, 7) is 16.0. The molecule has 0 heterocycles. The summed E-state index contributed by atoms with van der Waals surface area (Å²) >= 11 is 0. The van der Waals surface area contributed by atoms with Crippen molar-refractivity contribution >= 4 is 0 Å². The van der Waals surface area contributed by atoms with Gasteiger partial charge in [-0.3, -0.25) is 0 Å². The third-order valence-corrected chi connectivity index (χ3v) is 4.75. The van der Waals surface area contributed by atoms with Gasteiger partial charge < -0.3 is 0 Å². The lowest BCUT2D eigenvalue weighted by atomic mass is 9.82. The van der Waals surface area contributed by atoms with E-state index in [4.69, 9.17) is 0 Å². The van der Waals surface area contributed by atoms with E-state index in [0.29, 0.717) is 17.8 Å². The third-order valence-electron chi connectivity index (χ3n) is 4.75. The first-order valence-corrected chi connectivity index (χ1v) is 9.01. The second kappa shape index (κ2) is 7.34. The van der Waals surface area contributed by atoms with Crippen LogP contribution in [0.1, 0.15) is 92.7 Å². The van der Waals surface area contributed by atoms with E-state index >= 15 is 0 Å². The lowest BCUT2D eigenvalue weighted by Crippen LogP contribution is -2.07. The number of hydrogen-bond acceptors (Lipinski definition) is 0. The Labute approximate surface area is 143 Å². The van der Waals surface area contributed by atoms with Crippen LogP contribution in [0.5, 0.6) is 0 Å². The van der Waals surface area contributed by atoms with E-state index < -0.39 is 0 Å². The van der Waals surface area contributed by atoms with Gasteiger partial charge in [0, 0.05) is 0 Å². The summed E-state index contributed by atoms with van der Waals surface area (Å²) in [6, 6.07) is 13.9. The average molecular weight is 309 g/mol. The molecule has 0 bridgehead atoms. The number of benzene rings is 2. The SMILES string of the molecule is Cc1ccc(Cc2c(C(C)C)cc(C(C)C)cc2C(C)C)cc1. The Hall–Kier alpha value is -1.56. The summed E-state index contributed by atoms with van der Waals surface area (Å²) in [5, 5.41) is 0. The largest absolute Gasteiger partial charge is 0.0590 e. The Balaban J connectivity index is 2.56. The Morgan fingerprint density at radius 1 is 0.696 bits per heavy atom. The first-order valence-electron chi connectivity index (χ1n) is 9.01. The van der Waals surface area contributed by atoms with Crippen molar-refractivity contribution in [1.29, 1.82) is 0 Å². The summed E-state index contributed by atoms with van der Waals surface area (Å²) in [5.74, 6) is 1.71. The molecular formula is C23H32. The molecule has 23 heavy (non-hydrogen) atoms. The van der Waals surface area contributed by atoms with Crippen molar-refractivity contribution < 1.29 is 0 Å². The highest BCUT2D eigenvalue weighted by Crippen LogP contribution is 2.33. The van der Waals surface area contributed by atoms with Crippen molar-refractivity contribution in [3.05, 3.63) is 69.8 Å². The van der Waals surface area contributed by atoms with E-state index in [9.17, 15) is 0 Å². The van der Waals surface area contributed by atoms with E-state index in [0.717, 1.165) is 6.42 Å². The van der Waals surface area contributed by atoms with Crippen molar-refractivity contribution in [2.45, 2.75) is 72.6 Å². The zero-order valence-electron chi connectivity index (χ0n) is 15.9. The van der Waals surface area contributed by atoms with Gasteiger partial charge >= 0.3 is 0 Å². The quantitative estimate of drug-likeness (QED) is 0.560. The average Bonchev–Trinajstić information content (AvgIpc) is 2.48. The van der Waals surface area contributed by atoms with E-state index in [1.54, 1.807) is 5.56 Å². The Morgan fingerprint density at radius 3 is 1.57 bits per heavy atom. The molecule has 2 aromatic rings. The first-order chi connectivity index (χ1) is 10.8. The van der Waals surface area contributed by atoms with Gasteiger partial charge in [-0.2, -0.15) is 0 Å². The topological polar surface area (TPSA) is 0 Å². The molecule has 0 amide bonds. The standard InChI is InChI=1S/C23H32/c1-15(2)20-13-21(16(3)4)23(22(14-20)17(5)6)12-19-10-8-18(7)9-11-19/h8-11,13-17H,12H2,1-7H3. The molecule has 0 radical (unpaired) electrons. The molecule has 2 aromatic carbocycles. The molecule has 0 nitrogen and oxygen atoms in total. The molecule has 0 saturated heterocycles. The zero-order valence-corrected chi connectivity index (χ0v) is 15.9. The van der Waals surface area contributed by atoms with E-state index in [2.05, 4.69) is 84.9 Å². The van der Waals surface area contributed by atoms with Gasteiger partial charge in [-0.15, -0.1) is 0 Å². The highest BCUT2D eigenvalue weighted by atomic mass is 14.2.